The molecule has 6 nitrogen and oxygen atoms in total. The van der Waals surface area contributed by atoms with Gasteiger partial charge in [-0.25, -0.2) is 4.98 Å². The standard InChI is InChI=1S/C22H29N3O3/c1-16-14-23-21(25(16)15-17-5-7-19(27-2)8-6-17)20-4-3-11-24(20)22(26)18-9-12-28-13-10-18/h5-8,14,18,20H,3-4,9-13,15H2,1-2H3. The van der Waals surface area contributed by atoms with E-state index in [-0.39, 0.29) is 17.9 Å². The van der Waals surface area contributed by atoms with E-state index in [1.807, 2.05) is 18.3 Å². The van der Waals surface area contributed by atoms with E-state index in [2.05, 4.69) is 28.5 Å². The van der Waals surface area contributed by atoms with E-state index >= 15 is 0 Å². The Kier molecular flexibility index (Phi) is 5.67. The van der Waals surface area contributed by atoms with Crippen LogP contribution in [0.3, 0.4) is 0 Å². The molecule has 2 aliphatic rings. The SMILES string of the molecule is COc1ccc(Cn2c(C)cnc2C2CCCN2C(=O)C2CCOCC2)cc1. The molecular formula is C22H29N3O3. The number of ether oxygens (including phenoxy) is 2. The summed E-state index contributed by atoms with van der Waals surface area (Å²) in [5, 5.41) is 0. The number of carbonyl (C=O) groups excluding carboxylic acids is 1. The van der Waals surface area contributed by atoms with E-state index < -0.39 is 0 Å². The quantitative estimate of drug-likeness (QED) is 0.795. The van der Waals surface area contributed by atoms with Crippen LogP contribution in [0.2, 0.25) is 0 Å². The van der Waals surface area contributed by atoms with E-state index in [1.165, 1.54) is 5.56 Å². The van der Waals surface area contributed by atoms with E-state index in [1.54, 1.807) is 7.11 Å². The number of rotatable bonds is 5. The predicted molar refractivity (Wildman–Crippen MR) is 106 cm³/mol. The monoisotopic (exact) mass is 383 g/mol. The number of likely N-dealkylation sites (tertiary alicyclic amines) is 1. The topological polar surface area (TPSA) is 56.6 Å². The minimum atomic E-state index is 0.0716. The second kappa shape index (κ2) is 8.35. The van der Waals surface area contributed by atoms with Gasteiger partial charge in [0.2, 0.25) is 5.91 Å². The lowest BCUT2D eigenvalue weighted by molar-refractivity contribution is -0.139. The molecule has 1 atom stereocenters. The summed E-state index contributed by atoms with van der Waals surface area (Å²) in [4.78, 5) is 19.9. The van der Waals surface area contributed by atoms with Gasteiger partial charge in [0.1, 0.15) is 11.6 Å². The van der Waals surface area contributed by atoms with Crippen molar-refractivity contribution in [3.05, 3.63) is 47.5 Å². The molecule has 150 valence electrons. The van der Waals surface area contributed by atoms with Gasteiger partial charge < -0.3 is 18.9 Å². The van der Waals surface area contributed by atoms with Gasteiger partial charge in [0, 0.05) is 44.1 Å². The highest BCUT2D eigenvalue weighted by Gasteiger charge is 2.36. The van der Waals surface area contributed by atoms with Crippen molar-refractivity contribution in [2.24, 2.45) is 5.92 Å². The summed E-state index contributed by atoms with van der Waals surface area (Å²) in [5.41, 5.74) is 2.32. The van der Waals surface area contributed by atoms with Gasteiger partial charge in [0.05, 0.1) is 13.2 Å². The van der Waals surface area contributed by atoms with Crippen molar-refractivity contribution in [2.45, 2.75) is 45.2 Å². The first-order chi connectivity index (χ1) is 13.7. The van der Waals surface area contributed by atoms with Crippen LogP contribution in [0.15, 0.2) is 30.5 Å². The number of hydrogen-bond acceptors (Lipinski definition) is 4. The maximum atomic E-state index is 13.2. The lowest BCUT2D eigenvalue weighted by atomic mass is 9.98. The van der Waals surface area contributed by atoms with Crippen LogP contribution < -0.4 is 4.74 Å². The maximum absolute atomic E-state index is 13.2. The molecule has 28 heavy (non-hydrogen) atoms. The second-order valence-corrected chi connectivity index (χ2v) is 7.77. The molecule has 2 saturated heterocycles. The highest BCUT2D eigenvalue weighted by atomic mass is 16.5. The Morgan fingerprint density at radius 2 is 1.96 bits per heavy atom. The van der Waals surface area contributed by atoms with Crippen molar-refractivity contribution in [3.63, 3.8) is 0 Å². The van der Waals surface area contributed by atoms with E-state index in [0.29, 0.717) is 13.2 Å². The Bertz CT molecular complexity index is 809. The number of aromatic nitrogens is 2. The number of nitrogens with zero attached hydrogens (tertiary/aromatic N) is 3. The summed E-state index contributed by atoms with van der Waals surface area (Å²) in [6, 6.07) is 8.21. The number of benzene rings is 1. The highest BCUT2D eigenvalue weighted by molar-refractivity contribution is 5.79. The molecule has 2 aliphatic heterocycles. The van der Waals surface area contributed by atoms with Crippen LogP contribution in [-0.4, -0.2) is 47.2 Å². The zero-order valence-electron chi connectivity index (χ0n) is 16.8. The first-order valence-corrected chi connectivity index (χ1v) is 10.2. The van der Waals surface area contributed by atoms with Gasteiger partial charge in [-0.1, -0.05) is 12.1 Å². The molecule has 2 fully saturated rings. The van der Waals surface area contributed by atoms with E-state index in [0.717, 1.165) is 56.0 Å². The molecule has 0 radical (unpaired) electrons. The lowest BCUT2D eigenvalue weighted by Crippen LogP contribution is -2.38. The minimum Gasteiger partial charge on any atom is -0.497 e. The van der Waals surface area contributed by atoms with Gasteiger partial charge >= 0.3 is 0 Å². The van der Waals surface area contributed by atoms with Crippen LogP contribution >= 0.6 is 0 Å². The minimum absolute atomic E-state index is 0.0716. The summed E-state index contributed by atoms with van der Waals surface area (Å²) in [6.45, 7) is 5.05. The Hall–Kier alpha value is -2.34. The maximum Gasteiger partial charge on any atom is 0.226 e. The fourth-order valence-corrected chi connectivity index (χ4v) is 4.34. The van der Waals surface area contributed by atoms with Gasteiger partial charge in [0.25, 0.3) is 0 Å². The molecule has 0 saturated carbocycles. The number of hydrogen-bond donors (Lipinski definition) is 0. The Labute approximate surface area is 166 Å². The average Bonchev–Trinajstić information content (AvgIpc) is 3.36. The Morgan fingerprint density at radius 3 is 2.68 bits per heavy atom. The lowest BCUT2D eigenvalue weighted by Gasteiger charge is -2.30. The molecule has 4 rings (SSSR count). The van der Waals surface area contributed by atoms with Crippen molar-refractivity contribution in [3.8, 4) is 5.75 Å². The summed E-state index contributed by atoms with van der Waals surface area (Å²) in [6.07, 6.45) is 5.61. The predicted octanol–water partition coefficient (Wildman–Crippen LogP) is 3.34. The molecule has 3 heterocycles. The number of imidazole rings is 1. The average molecular weight is 383 g/mol. The van der Waals surface area contributed by atoms with Crippen LogP contribution in [-0.2, 0) is 16.1 Å². The molecular weight excluding hydrogens is 354 g/mol. The van der Waals surface area contributed by atoms with Crippen LogP contribution in [0.25, 0.3) is 0 Å². The third-order valence-electron chi connectivity index (χ3n) is 5.99. The number of carbonyl (C=O) groups is 1. The molecule has 0 bridgehead atoms. The van der Waals surface area contributed by atoms with Crippen molar-refractivity contribution in [2.75, 3.05) is 26.9 Å². The summed E-state index contributed by atoms with van der Waals surface area (Å²) < 4.78 is 12.9. The van der Waals surface area contributed by atoms with Gasteiger partial charge in [-0.05, 0) is 50.3 Å². The summed E-state index contributed by atoms with van der Waals surface area (Å²) in [7, 11) is 1.68. The molecule has 1 unspecified atom stereocenters. The van der Waals surface area contributed by atoms with E-state index in [4.69, 9.17) is 14.5 Å². The number of methoxy groups -OCH3 is 1. The molecule has 1 aromatic heterocycles. The van der Waals surface area contributed by atoms with Crippen LogP contribution in [0.5, 0.6) is 5.75 Å². The molecule has 0 aliphatic carbocycles. The van der Waals surface area contributed by atoms with Crippen LogP contribution in [0.4, 0.5) is 0 Å². The van der Waals surface area contributed by atoms with E-state index in [9.17, 15) is 4.79 Å². The second-order valence-electron chi connectivity index (χ2n) is 7.77. The zero-order chi connectivity index (χ0) is 19.5. The van der Waals surface area contributed by atoms with Gasteiger partial charge in [-0.15, -0.1) is 0 Å². The van der Waals surface area contributed by atoms with Crippen molar-refractivity contribution in [1.29, 1.82) is 0 Å². The van der Waals surface area contributed by atoms with Gasteiger partial charge in [-0.3, -0.25) is 4.79 Å². The molecule has 2 aromatic rings. The molecule has 6 heteroatoms. The van der Waals surface area contributed by atoms with Crippen molar-refractivity contribution < 1.29 is 14.3 Å². The third-order valence-corrected chi connectivity index (χ3v) is 5.99. The normalized spacial score (nSPS) is 20.5. The Morgan fingerprint density at radius 1 is 1.21 bits per heavy atom. The smallest absolute Gasteiger partial charge is 0.226 e. The summed E-state index contributed by atoms with van der Waals surface area (Å²) in [5.74, 6) is 2.24. The molecule has 1 aromatic carbocycles. The van der Waals surface area contributed by atoms with Gasteiger partial charge in [0.15, 0.2) is 0 Å². The molecule has 1 amide bonds. The van der Waals surface area contributed by atoms with Crippen molar-refractivity contribution >= 4 is 5.91 Å². The largest absolute Gasteiger partial charge is 0.497 e. The Balaban J connectivity index is 1.55. The zero-order valence-corrected chi connectivity index (χ0v) is 16.8. The van der Waals surface area contributed by atoms with Crippen LogP contribution in [0, 0.1) is 12.8 Å². The fourth-order valence-electron chi connectivity index (χ4n) is 4.34. The number of aryl methyl sites for hydroxylation is 1. The summed E-state index contributed by atoms with van der Waals surface area (Å²) >= 11 is 0. The van der Waals surface area contributed by atoms with Gasteiger partial charge in [-0.2, -0.15) is 0 Å². The molecule has 0 N–H and O–H groups in total. The first kappa shape index (κ1) is 19.0. The van der Waals surface area contributed by atoms with Crippen molar-refractivity contribution in [1.82, 2.24) is 14.5 Å². The fraction of sp³-hybridized carbons (Fsp3) is 0.545. The number of amides is 1. The first-order valence-electron chi connectivity index (χ1n) is 10.2. The highest BCUT2D eigenvalue weighted by Crippen LogP contribution is 2.34. The third kappa shape index (κ3) is 3.78. The van der Waals surface area contributed by atoms with Crippen LogP contribution in [0.1, 0.15) is 48.8 Å². The molecule has 0 spiro atoms.